The Kier molecular flexibility index (Phi) is 4.77. The normalized spacial score (nSPS) is 12.2. The van der Waals surface area contributed by atoms with Gasteiger partial charge in [-0.15, -0.1) is 0 Å². The van der Waals surface area contributed by atoms with Crippen LogP contribution in [0, 0.1) is 5.92 Å². The summed E-state index contributed by atoms with van der Waals surface area (Å²) >= 11 is 5.98. The maximum atomic E-state index is 11.9. The number of halogens is 1. The van der Waals surface area contributed by atoms with Gasteiger partial charge in [-0.3, -0.25) is 4.79 Å². The molecule has 0 heterocycles. The highest BCUT2D eigenvalue weighted by Gasteiger charge is 2.19. The monoisotopic (exact) mass is 242 g/mol. The Hall–Kier alpha value is -1.06. The van der Waals surface area contributed by atoms with E-state index in [2.05, 4.69) is 0 Å². The lowest BCUT2D eigenvalue weighted by Crippen LogP contribution is -2.18. The molecule has 1 aromatic carbocycles. The fraction of sp³-hybridized carbons (Fsp3) is 0.417. The van der Waals surface area contributed by atoms with E-state index in [4.69, 9.17) is 21.4 Å². The molecule has 0 aliphatic heterocycles. The zero-order valence-electron chi connectivity index (χ0n) is 9.37. The Morgan fingerprint density at radius 1 is 1.56 bits per heavy atom. The van der Waals surface area contributed by atoms with Crippen molar-refractivity contribution in [3.8, 4) is 5.75 Å². The van der Waals surface area contributed by atoms with Crippen molar-refractivity contribution >= 4 is 17.4 Å². The number of aliphatic hydroxyl groups excluding tert-OH is 1. The number of benzene rings is 1. The number of carbonyl (C=O) groups excluding carboxylic acids is 1. The lowest BCUT2D eigenvalue weighted by molar-refractivity contribution is 0.0856. The fourth-order valence-electron chi connectivity index (χ4n) is 1.44. The Bertz CT molecular complexity index is 373. The molecule has 0 bridgehead atoms. The molecule has 0 spiro atoms. The lowest BCUT2D eigenvalue weighted by atomic mass is 9.96. The number of Topliss-reactive ketones (excluding diaryl/α,β-unsaturated/α-hetero) is 1. The summed E-state index contributed by atoms with van der Waals surface area (Å²) in [6.07, 6.45) is 0.595. The minimum Gasteiger partial charge on any atom is -0.497 e. The fourth-order valence-corrected chi connectivity index (χ4v) is 1.70. The third kappa shape index (κ3) is 2.74. The van der Waals surface area contributed by atoms with E-state index in [0.717, 1.165) is 0 Å². The molecular weight excluding hydrogens is 228 g/mol. The molecule has 3 nitrogen and oxygen atoms in total. The summed E-state index contributed by atoms with van der Waals surface area (Å²) in [6.45, 7) is 1.70. The van der Waals surface area contributed by atoms with Crippen LogP contribution in [0.3, 0.4) is 0 Å². The molecular formula is C12H15ClO3. The van der Waals surface area contributed by atoms with E-state index >= 15 is 0 Å². The van der Waals surface area contributed by atoms with Gasteiger partial charge in [-0.2, -0.15) is 0 Å². The van der Waals surface area contributed by atoms with Gasteiger partial charge in [0.2, 0.25) is 0 Å². The van der Waals surface area contributed by atoms with Crippen molar-refractivity contribution in [2.75, 3.05) is 13.7 Å². The first-order valence-electron chi connectivity index (χ1n) is 5.12. The number of hydrogen-bond donors (Lipinski definition) is 1. The summed E-state index contributed by atoms with van der Waals surface area (Å²) in [5.41, 5.74) is 0.434. The number of rotatable bonds is 5. The molecule has 0 aliphatic carbocycles. The number of ketones is 1. The van der Waals surface area contributed by atoms with Crippen LogP contribution in [-0.2, 0) is 0 Å². The van der Waals surface area contributed by atoms with Crippen LogP contribution in [0.2, 0.25) is 5.02 Å². The largest absolute Gasteiger partial charge is 0.497 e. The van der Waals surface area contributed by atoms with Gasteiger partial charge in [0.1, 0.15) is 5.75 Å². The molecule has 1 rings (SSSR count). The zero-order valence-corrected chi connectivity index (χ0v) is 10.1. The SMILES string of the molecule is CCC(CO)C(=O)c1ccc(OC)cc1Cl. The van der Waals surface area contributed by atoms with E-state index in [1.165, 1.54) is 7.11 Å². The molecule has 1 aromatic rings. The number of ether oxygens (including phenoxy) is 1. The molecule has 1 N–H and O–H groups in total. The van der Waals surface area contributed by atoms with Crippen LogP contribution < -0.4 is 4.74 Å². The zero-order chi connectivity index (χ0) is 12.1. The molecule has 16 heavy (non-hydrogen) atoms. The molecule has 0 aromatic heterocycles. The highest BCUT2D eigenvalue weighted by molar-refractivity contribution is 6.34. The highest BCUT2D eigenvalue weighted by atomic mass is 35.5. The predicted molar refractivity (Wildman–Crippen MR) is 63.2 cm³/mol. The third-order valence-corrected chi connectivity index (χ3v) is 2.84. The molecule has 1 atom stereocenters. The average Bonchev–Trinajstić information content (AvgIpc) is 2.30. The second kappa shape index (κ2) is 5.87. The first kappa shape index (κ1) is 13.0. The van der Waals surface area contributed by atoms with E-state index < -0.39 is 0 Å². The molecule has 0 saturated carbocycles. The van der Waals surface area contributed by atoms with Crippen LogP contribution in [0.4, 0.5) is 0 Å². The Morgan fingerprint density at radius 3 is 2.69 bits per heavy atom. The summed E-state index contributed by atoms with van der Waals surface area (Å²) in [4.78, 5) is 11.9. The van der Waals surface area contributed by atoms with E-state index in [1.807, 2.05) is 6.92 Å². The number of carbonyl (C=O) groups is 1. The van der Waals surface area contributed by atoms with Gasteiger partial charge in [0.15, 0.2) is 5.78 Å². The second-order valence-electron chi connectivity index (χ2n) is 3.50. The van der Waals surface area contributed by atoms with Crippen molar-refractivity contribution in [1.29, 1.82) is 0 Å². The van der Waals surface area contributed by atoms with Crippen LogP contribution in [-0.4, -0.2) is 24.6 Å². The van der Waals surface area contributed by atoms with Gasteiger partial charge in [-0.1, -0.05) is 18.5 Å². The summed E-state index contributed by atoms with van der Waals surface area (Å²) in [7, 11) is 1.54. The standard InChI is InChI=1S/C12H15ClO3/c1-3-8(7-14)12(15)10-5-4-9(16-2)6-11(10)13/h4-6,8,14H,3,7H2,1-2H3. The minimum absolute atomic E-state index is 0.127. The molecule has 0 saturated heterocycles. The first-order valence-corrected chi connectivity index (χ1v) is 5.50. The first-order chi connectivity index (χ1) is 7.63. The summed E-state index contributed by atoms with van der Waals surface area (Å²) < 4.78 is 5.00. The second-order valence-corrected chi connectivity index (χ2v) is 3.90. The van der Waals surface area contributed by atoms with Gasteiger partial charge < -0.3 is 9.84 Å². The van der Waals surface area contributed by atoms with E-state index in [1.54, 1.807) is 18.2 Å². The van der Waals surface area contributed by atoms with Gasteiger partial charge in [-0.25, -0.2) is 0 Å². The van der Waals surface area contributed by atoms with Crippen molar-refractivity contribution < 1.29 is 14.6 Å². The van der Waals surface area contributed by atoms with E-state index in [-0.39, 0.29) is 18.3 Å². The molecule has 1 unspecified atom stereocenters. The smallest absolute Gasteiger partial charge is 0.169 e. The topological polar surface area (TPSA) is 46.5 Å². The van der Waals surface area contributed by atoms with E-state index in [9.17, 15) is 4.79 Å². The average molecular weight is 243 g/mol. The van der Waals surface area contributed by atoms with Gasteiger partial charge in [0.25, 0.3) is 0 Å². The van der Waals surface area contributed by atoms with E-state index in [0.29, 0.717) is 22.8 Å². The minimum atomic E-state index is -0.383. The quantitative estimate of drug-likeness (QED) is 0.808. The summed E-state index contributed by atoms with van der Waals surface area (Å²) in [5, 5.41) is 9.42. The maximum absolute atomic E-state index is 11.9. The van der Waals surface area contributed by atoms with Gasteiger partial charge in [0, 0.05) is 11.5 Å². The summed E-state index contributed by atoms with van der Waals surface area (Å²) in [5.74, 6) is 0.0992. The highest BCUT2D eigenvalue weighted by Crippen LogP contribution is 2.25. The molecule has 0 fully saturated rings. The third-order valence-electron chi connectivity index (χ3n) is 2.53. The van der Waals surface area contributed by atoms with Crippen molar-refractivity contribution in [3.63, 3.8) is 0 Å². The van der Waals surface area contributed by atoms with Gasteiger partial charge >= 0.3 is 0 Å². The van der Waals surface area contributed by atoms with Crippen molar-refractivity contribution in [2.24, 2.45) is 5.92 Å². The van der Waals surface area contributed by atoms with Crippen LogP contribution in [0.1, 0.15) is 23.7 Å². The Balaban J connectivity index is 3.00. The number of aliphatic hydroxyl groups is 1. The number of hydrogen-bond acceptors (Lipinski definition) is 3. The molecule has 0 amide bonds. The van der Waals surface area contributed by atoms with Crippen LogP contribution >= 0.6 is 11.6 Å². The predicted octanol–water partition coefficient (Wildman–Crippen LogP) is 2.55. The molecule has 88 valence electrons. The molecule has 4 heteroatoms. The van der Waals surface area contributed by atoms with Gasteiger partial charge in [-0.05, 0) is 24.6 Å². The number of methoxy groups -OCH3 is 1. The van der Waals surface area contributed by atoms with Crippen molar-refractivity contribution in [1.82, 2.24) is 0 Å². The molecule has 0 radical (unpaired) electrons. The van der Waals surface area contributed by atoms with Gasteiger partial charge in [0.05, 0.1) is 18.7 Å². The van der Waals surface area contributed by atoms with Crippen LogP contribution in [0.25, 0.3) is 0 Å². The Morgan fingerprint density at radius 2 is 2.25 bits per heavy atom. The lowest BCUT2D eigenvalue weighted by Gasteiger charge is -2.12. The van der Waals surface area contributed by atoms with Crippen molar-refractivity contribution in [2.45, 2.75) is 13.3 Å². The molecule has 0 aliphatic rings. The van der Waals surface area contributed by atoms with Crippen molar-refractivity contribution in [3.05, 3.63) is 28.8 Å². The van der Waals surface area contributed by atoms with Crippen LogP contribution in [0.5, 0.6) is 5.75 Å². The maximum Gasteiger partial charge on any atom is 0.169 e. The summed E-state index contributed by atoms with van der Waals surface area (Å²) in [6, 6.07) is 4.91. The van der Waals surface area contributed by atoms with Crippen LogP contribution in [0.15, 0.2) is 18.2 Å². The Labute approximate surface area is 100.0 Å².